The fraction of sp³-hybridized carbons (Fsp3) is 1.00. The van der Waals surface area contributed by atoms with Crippen molar-refractivity contribution in [3.63, 3.8) is 0 Å². The Bertz CT molecular complexity index is 387. The molecule has 0 amide bonds. The van der Waals surface area contributed by atoms with Crippen molar-refractivity contribution in [3.05, 3.63) is 5.21 Å². The minimum Gasteiger partial charge on any atom is -0.633 e. The molecule has 0 rings (SSSR count). The molecule has 0 saturated heterocycles. The molecular formula is C29H61NO. The van der Waals surface area contributed by atoms with Crippen molar-refractivity contribution < 1.29 is 4.65 Å². The van der Waals surface area contributed by atoms with E-state index in [0.717, 1.165) is 42.6 Å². The molecule has 0 aliphatic heterocycles. The van der Waals surface area contributed by atoms with Gasteiger partial charge >= 0.3 is 0 Å². The standard InChI is InChI=1S/C29H61NO/c1-25(2)15-11-18-28(5)21-12-19-26(3)16-9-10-17-27(4)20-13-22-29(6)23-14-24-30(7,8)31/h25-29H,9-24H2,1-8H3. The Morgan fingerprint density at radius 1 is 0.452 bits per heavy atom. The molecule has 4 atom stereocenters. The maximum absolute atomic E-state index is 11.6. The molecule has 0 heterocycles. The van der Waals surface area contributed by atoms with Crippen molar-refractivity contribution in [2.75, 3.05) is 20.6 Å². The molecule has 0 aliphatic carbocycles. The molecule has 2 nitrogen and oxygen atoms in total. The molecular weight excluding hydrogens is 378 g/mol. The van der Waals surface area contributed by atoms with Crippen LogP contribution >= 0.6 is 0 Å². The smallest absolute Gasteiger partial charge is 0.0779 e. The van der Waals surface area contributed by atoms with Crippen LogP contribution in [0.5, 0.6) is 0 Å². The first-order chi connectivity index (χ1) is 14.5. The molecule has 4 unspecified atom stereocenters. The summed E-state index contributed by atoms with van der Waals surface area (Å²) in [5.74, 6) is 4.36. The van der Waals surface area contributed by atoms with Gasteiger partial charge in [-0.25, -0.2) is 0 Å². The van der Waals surface area contributed by atoms with Gasteiger partial charge in [-0.2, -0.15) is 0 Å². The predicted molar refractivity (Wildman–Crippen MR) is 141 cm³/mol. The van der Waals surface area contributed by atoms with Gasteiger partial charge in [0.25, 0.3) is 0 Å². The molecule has 0 aromatic carbocycles. The molecule has 0 saturated carbocycles. The second-order valence-corrected chi connectivity index (χ2v) is 12.3. The Morgan fingerprint density at radius 3 is 1.06 bits per heavy atom. The molecule has 188 valence electrons. The van der Waals surface area contributed by atoms with Gasteiger partial charge in [0.05, 0.1) is 20.6 Å². The van der Waals surface area contributed by atoms with E-state index in [9.17, 15) is 5.21 Å². The van der Waals surface area contributed by atoms with E-state index in [1.807, 2.05) is 0 Å². The SMILES string of the molecule is CC(C)CCCC(C)CCCC(C)CCCCC(C)CCCC(C)CCC[N+](C)(C)[O-]. The summed E-state index contributed by atoms with van der Waals surface area (Å²) in [6.45, 7) is 15.2. The number of quaternary nitrogens is 1. The Balaban J connectivity index is 3.57. The quantitative estimate of drug-likeness (QED) is 0.0991. The Hall–Kier alpha value is -0.0800. The van der Waals surface area contributed by atoms with Crippen LogP contribution in [0, 0.1) is 34.8 Å². The summed E-state index contributed by atoms with van der Waals surface area (Å²) >= 11 is 0. The van der Waals surface area contributed by atoms with E-state index in [-0.39, 0.29) is 4.65 Å². The second-order valence-electron chi connectivity index (χ2n) is 12.3. The average Bonchev–Trinajstić information content (AvgIpc) is 2.64. The molecule has 0 fully saturated rings. The molecule has 0 bridgehead atoms. The predicted octanol–water partition coefficient (Wildman–Crippen LogP) is 9.61. The van der Waals surface area contributed by atoms with Gasteiger partial charge in [-0.05, 0) is 42.4 Å². The van der Waals surface area contributed by atoms with E-state index in [4.69, 9.17) is 0 Å². The first-order valence-electron chi connectivity index (χ1n) is 14.0. The van der Waals surface area contributed by atoms with Crippen LogP contribution < -0.4 is 0 Å². The second kappa shape index (κ2) is 18.4. The fourth-order valence-corrected chi connectivity index (χ4v) is 4.89. The zero-order valence-electron chi connectivity index (χ0n) is 23.1. The number of hydroxylamine groups is 3. The van der Waals surface area contributed by atoms with Gasteiger partial charge < -0.3 is 9.85 Å². The van der Waals surface area contributed by atoms with Crippen LogP contribution in [0.2, 0.25) is 0 Å². The summed E-state index contributed by atoms with van der Waals surface area (Å²) in [4.78, 5) is 0. The van der Waals surface area contributed by atoms with Gasteiger partial charge in [-0.15, -0.1) is 0 Å². The van der Waals surface area contributed by atoms with Crippen LogP contribution in [0.3, 0.4) is 0 Å². The molecule has 2 heteroatoms. The molecule has 0 spiro atoms. The Labute approximate surface area is 198 Å². The minimum atomic E-state index is -0.139. The Morgan fingerprint density at radius 2 is 0.742 bits per heavy atom. The summed E-state index contributed by atoms with van der Waals surface area (Å²) in [7, 11) is 3.51. The molecule has 31 heavy (non-hydrogen) atoms. The lowest BCUT2D eigenvalue weighted by Gasteiger charge is -2.34. The van der Waals surface area contributed by atoms with E-state index in [1.165, 1.54) is 89.9 Å². The molecule has 0 aliphatic rings. The summed E-state index contributed by atoms with van der Waals surface area (Å²) in [5.41, 5.74) is 0. The highest BCUT2D eigenvalue weighted by molar-refractivity contribution is 4.62. The van der Waals surface area contributed by atoms with Gasteiger partial charge in [0.2, 0.25) is 0 Å². The van der Waals surface area contributed by atoms with E-state index in [1.54, 1.807) is 14.1 Å². The van der Waals surface area contributed by atoms with Gasteiger partial charge in [-0.1, -0.05) is 125 Å². The van der Waals surface area contributed by atoms with Gasteiger partial charge in [-0.3, -0.25) is 0 Å². The van der Waals surface area contributed by atoms with E-state index < -0.39 is 0 Å². The minimum absolute atomic E-state index is 0.139. The lowest BCUT2D eigenvalue weighted by molar-refractivity contribution is -0.840. The third-order valence-electron chi connectivity index (χ3n) is 7.30. The number of hydrogen-bond donors (Lipinski definition) is 0. The van der Waals surface area contributed by atoms with E-state index in [0.29, 0.717) is 0 Å². The summed E-state index contributed by atoms with van der Waals surface area (Å²) < 4.78 is -0.139. The first-order valence-corrected chi connectivity index (χ1v) is 14.0. The van der Waals surface area contributed by atoms with Crippen LogP contribution in [0.15, 0.2) is 0 Å². The van der Waals surface area contributed by atoms with Crippen LogP contribution in [-0.4, -0.2) is 25.3 Å². The monoisotopic (exact) mass is 439 g/mol. The highest BCUT2D eigenvalue weighted by Gasteiger charge is 2.09. The van der Waals surface area contributed by atoms with Crippen LogP contribution in [-0.2, 0) is 0 Å². The van der Waals surface area contributed by atoms with E-state index >= 15 is 0 Å². The molecule has 0 aromatic heterocycles. The van der Waals surface area contributed by atoms with Crippen molar-refractivity contribution >= 4 is 0 Å². The van der Waals surface area contributed by atoms with Crippen molar-refractivity contribution in [2.45, 2.75) is 138 Å². The number of nitrogens with zero attached hydrogens (tertiary/aromatic N) is 1. The summed E-state index contributed by atoms with van der Waals surface area (Å²) in [5, 5.41) is 11.6. The zero-order valence-corrected chi connectivity index (χ0v) is 23.1. The summed E-state index contributed by atoms with van der Waals surface area (Å²) in [6.07, 6.45) is 20.6. The molecule has 0 N–H and O–H groups in total. The lowest BCUT2D eigenvalue weighted by Crippen LogP contribution is -2.33. The fourth-order valence-electron chi connectivity index (χ4n) is 4.89. The normalized spacial score (nSPS) is 16.5. The van der Waals surface area contributed by atoms with Crippen LogP contribution in [0.1, 0.15) is 138 Å². The number of hydrogen-bond acceptors (Lipinski definition) is 1. The van der Waals surface area contributed by atoms with Gasteiger partial charge in [0.15, 0.2) is 0 Å². The van der Waals surface area contributed by atoms with Crippen molar-refractivity contribution in [1.29, 1.82) is 0 Å². The van der Waals surface area contributed by atoms with Crippen LogP contribution in [0.4, 0.5) is 0 Å². The number of rotatable bonds is 21. The summed E-state index contributed by atoms with van der Waals surface area (Å²) in [6, 6.07) is 0. The van der Waals surface area contributed by atoms with Crippen LogP contribution in [0.25, 0.3) is 0 Å². The molecule has 0 radical (unpaired) electrons. The third kappa shape index (κ3) is 22.9. The largest absolute Gasteiger partial charge is 0.633 e. The number of unbranched alkanes of at least 4 members (excludes halogenated alkanes) is 1. The van der Waals surface area contributed by atoms with Gasteiger partial charge in [0, 0.05) is 0 Å². The van der Waals surface area contributed by atoms with Gasteiger partial charge in [0.1, 0.15) is 0 Å². The lowest BCUT2D eigenvalue weighted by atomic mass is 9.90. The highest BCUT2D eigenvalue weighted by Crippen LogP contribution is 2.24. The Kier molecular flexibility index (Phi) is 18.3. The maximum Gasteiger partial charge on any atom is 0.0779 e. The van der Waals surface area contributed by atoms with Crippen molar-refractivity contribution in [3.8, 4) is 0 Å². The highest BCUT2D eigenvalue weighted by atomic mass is 16.5. The third-order valence-corrected chi connectivity index (χ3v) is 7.30. The first kappa shape index (κ1) is 30.9. The van der Waals surface area contributed by atoms with Crippen molar-refractivity contribution in [2.24, 2.45) is 29.6 Å². The molecule has 0 aromatic rings. The topological polar surface area (TPSA) is 23.1 Å². The van der Waals surface area contributed by atoms with E-state index in [2.05, 4.69) is 41.5 Å². The maximum atomic E-state index is 11.6. The average molecular weight is 440 g/mol. The van der Waals surface area contributed by atoms with Crippen molar-refractivity contribution in [1.82, 2.24) is 0 Å². The zero-order chi connectivity index (χ0) is 23.7.